The number of aromatic nitrogens is 2. The summed E-state index contributed by atoms with van der Waals surface area (Å²) in [6.07, 6.45) is 0. The Balaban J connectivity index is 1.65. The zero-order valence-electron chi connectivity index (χ0n) is 17.6. The molecule has 0 aliphatic heterocycles. The molecule has 32 heavy (non-hydrogen) atoms. The van der Waals surface area contributed by atoms with Crippen LogP contribution in [0.5, 0.6) is 5.75 Å². The monoisotopic (exact) mass is 478 g/mol. The largest absolute Gasteiger partial charge is 0.497 e. The second-order valence-corrected chi connectivity index (χ2v) is 9.33. The van der Waals surface area contributed by atoms with Crippen LogP contribution in [0.3, 0.4) is 0 Å². The number of nitrogens with zero attached hydrogens (tertiary/aromatic N) is 2. The number of ether oxygens (including phenoxy) is 2. The van der Waals surface area contributed by atoms with Gasteiger partial charge in [0.15, 0.2) is 6.61 Å². The molecule has 1 unspecified atom stereocenters. The van der Waals surface area contributed by atoms with E-state index in [9.17, 15) is 18.0 Å². The lowest BCUT2D eigenvalue weighted by atomic mass is 10.1. The van der Waals surface area contributed by atoms with E-state index in [1.165, 1.54) is 13.2 Å². The number of amides is 1. The molecule has 2 N–H and O–H groups in total. The van der Waals surface area contributed by atoms with Crippen LogP contribution in [0.25, 0.3) is 11.0 Å². The summed E-state index contributed by atoms with van der Waals surface area (Å²) >= 11 is 0.893. The van der Waals surface area contributed by atoms with Crippen LogP contribution in [-0.2, 0) is 24.3 Å². The van der Waals surface area contributed by atoms with Crippen molar-refractivity contribution in [3.05, 3.63) is 42.5 Å². The zero-order valence-corrected chi connectivity index (χ0v) is 19.2. The maximum atomic E-state index is 12.9. The summed E-state index contributed by atoms with van der Waals surface area (Å²) in [7, 11) is -2.57. The van der Waals surface area contributed by atoms with E-state index in [0.29, 0.717) is 17.0 Å². The van der Waals surface area contributed by atoms with E-state index in [-0.39, 0.29) is 10.4 Å². The van der Waals surface area contributed by atoms with Crippen molar-refractivity contribution >= 4 is 50.3 Å². The minimum absolute atomic E-state index is 0.0838. The number of nitrogens with one attached hydrogen (secondary N) is 2. The van der Waals surface area contributed by atoms with Crippen molar-refractivity contribution in [2.45, 2.75) is 24.8 Å². The Hall–Kier alpha value is -3.09. The van der Waals surface area contributed by atoms with E-state index in [2.05, 4.69) is 18.8 Å². The molecule has 3 aromatic rings. The molecule has 0 aliphatic rings. The van der Waals surface area contributed by atoms with Gasteiger partial charge in [0.2, 0.25) is 10.0 Å². The van der Waals surface area contributed by atoms with Gasteiger partial charge in [0.25, 0.3) is 5.91 Å². The van der Waals surface area contributed by atoms with Gasteiger partial charge in [-0.2, -0.15) is 13.5 Å². The first-order valence-corrected chi connectivity index (χ1v) is 11.8. The molecule has 2 aromatic carbocycles. The summed E-state index contributed by atoms with van der Waals surface area (Å²) in [4.78, 5) is 24.6. The van der Waals surface area contributed by atoms with Crippen molar-refractivity contribution < 1.29 is 27.5 Å². The summed E-state index contributed by atoms with van der Waals surface area (Å²) in [5, 5.41) is 2.58. The molecule has 0 spiro atoms. The Kier molecular flexibility index (Phi) is 7.38. The quantitative estimate of drug-likeness (QED) is 0.447. The third-order valence-corrected chi connectivity index (χ3v) is 6.48. The average molecular weight is 479 g/mol. The number of rotatable bonds is 9. The van der Waals surface area contributed by atoms with E-state index in [0.717, 1.165) is 11.7 Å². The molecule has 0 aliphatic carbocycles. The summed E-state index contributed by atoms with van der Waals surface area (Å²) < 4.78 is 46.4. The molecule has 1 atom stereocenters. The molecular formula is C20H22N4O6S2. The molecule has 0 saturated carbocycles. The second kappa shape index (κ2) is 10.0. The highest BCUT2D eigenvalue weighted by Gasteiger charge is 2.31. The lowest BCUT2D eigenvalue weighted by Crippen LogP contribution is -2.45. The van der Waals surface area contributed by atoms with Gasteiger partial charge in [-0.05, 0) is 42.3 Å². The van der Waals surface area contributed by atoms with Gasteiger partial charge in [-0.3, -0.25) is 9.59 Å². The Morgan fingerprint density at radius 1 is 1.09 bits per heavy atom. The Labute approximate surface area is 189 Å². The van der Waals surface area contributed by atoms with Crippen LogP contribution in [0.2, 0.25) is 0 Å². The Bertz CT molecular complexity index is 1210. The van der Waals surface area contributed by atoms with Crippen molar-refractivity contribution in [3.8, 4) is 5.75 Å². The number of methoxy groups -OCH3 is 1. The first kappa shape index (κ1) is 23.6. The number of fused-ring (bicyclic) bond motifs is 1. The predicted octanol–water partition coefficient (Wildman–Crippen LogP) is 2.18. The summed E-state index contributed by atoms with van der Waals surface area (Å²) in [5.74, 6) is -1.23. The SMILES string of the molecule is COc1ccc(NC(=O)COC(=O)C(NS(=O)(=O)c2cccc3nsnc23)C(C)C)cc1. The molecule has 3 rings (SSSR count). The Morgan fingerprint density at radius 3 is 2.47 bits per heavy atom. The highest BCUT2D eigenvalue weighted by molar-refractivity contribution is 7.89. The molecule has 0 saturated heterocycles. The van der Waals surface area contributed by atoms with Gasteiger partial charge >= 0.3 is 5.97 Å². The first-order chi connectivity index (χ1) is 15.2. The lowest BCUT2D eigenvalue weighted by Gasteiger charge is -2.20. The van der Waals surface area contributed by atoms with Crippen LogP contribution in [0.15, 0.2) is 47.4 Å². The molecule has 170 valence electrons. The molecule has 0 radical (unpaired) electrons. The summed E-state index contributed by atoms with van der Waals surface area (Å²) in [5.41, 5.74) is 1.16. The number of carbonyl (C=O) groups is 2. The molecule has 1 amide bonds. The fourth-order valence-corrected chi connectivity index (χ4v) is 4.88. The second-order valence-electron chi connectivity index (χ2n) is 7.12. The molecule has 10 nitrogen and oxygen atoms in total. The molecule has 0 bridgehead atoms. The minimum Gasteiger partial charge on any atom is -0.497 e. The first-order valence-electron chi connectivity index (χ1n) is 9.55. The van der Waals surface area contributed by atoms with Crippen LogP contribution in [0, 0.1) is 5.92 Å². The van der Waals surface area contributed by atoms with Gasteiger partial charge in [-0.1, -0.05) is 19.9 Å². The smallest absolute Gasteiger partial charge is 0.324 e. The number of hydrogen-bond donors (Lipinski definition) is 2. The molecular weight excluding hydrogens is 456 g/mol. The number of sulfonamides is 1. The fraction of sp³-hybridized carbons (Fsp3) is 0.300. The van der Waals surface area contributed by atoms with Gasteiger partial charge in [-0.15, -0.1) is 0 Å². The zero-order chi connectivity index (χ0) is 23.3. The maximum Gasteiger partial charge on any atom is 0.324 e. The number of esters is 1. The predicted molar refractivity (Wildman–Crippen MR) is 119 cm³/mol. The lowest BCUT2D eigenvalue weighted by molar-refractivity contribution is -0.150. The van der Waals surface area contributed by atoms with Gasteiger partial charge in [0.05, 0.1) is 18.8 Å². The van der Waals surface area contributed by atoms with Gasteiger partial charge in [0, 0.05) is 5.69 Å². The van der Waals surface area contributed by atoms with Crippen molar-refractivity contribution in [1.82, 2.24) is 13.5 Å². The summed E-state index contributed by atoms with van der Waals surface area (Å²) in [6.45, 7) is 2.76. The number of anilines is 1. The van der Waals surface area contributed by atoms with Crippen LogP contribution in [-0.4, -0.2) is 48.8 Å². The van der Waals surface area contributed by atoms with E-state index >= 15 is 0 Å². The van der Waals surface area contributed by atoms with Crippen LogP contribution < -0.4 is 14.8 Å². The van der Waals surface area contributed by atoms with E-state index in [1.807, 2.05) is 0 Å². The fourth-order valence-electron chi connectivity index (χ4n) is 2.78. The van der Waals surface area contributed by atoms with E-state index < -0.39 is 40.5 Å². The Morgan fingerprint density at radius 2 is 1.81 bits per heavy atom. The van der Waals surface area contributed by atoms with Crippen molar-refractivity contribution in [1.29, 1.82) is 0 Å². The highest BCUT2D eigenvalue weighted by Crippen LogP contribution is 2.22. The standard InChI is InChI=1S/C20H22N4O6S2/c1-12(2)18(24-32(27,28)16-6-4-5-15-19(16)23-31-22-15)20(26)30-11-17(25)21-13-7-9-14(29-3)10-8-13/h4-10,12,18,24H,11H2,1-3H3,(H,21,25). The van der Waals surface area contributed by atoms with Crippen LogP contribution >= 0.6 is 11.7 Å². The third kappa shape index (κ3) is 5.58. The summed E-state index contributed by atoms with van der Waals surface area (Å²) in [6, 6.07) is 9.99. The van der Waals surface area contributed by atoms with Gasteiger partial charge in [0.1, 0.15) is 27.7 Å². The molecule has 1 heterocycles. The average Bonchev–Trinajstić information content (AvgIpc) is 3.25. The number of hydrogen-bond acceptors (Lipinski definition) is 9. The van der Waals surface area contributed by atoms with Crippen LogP contribution in [0.4, 0.5) is 5.69 Å². The normalized spacial score (nSPS) is 12.5. The van der Waals surface area contributed by atoms with Crippen molar-refractivity contribution in [3.63, 3.8) is 0 Å². The molecule has 1 aromatic heterocycles. The third-order valence-electron chi connectivity index (χ3n) is 4.46. The van der Waals surface area contributed by atoms with E-state index in [1.54, 1.807) is 50.2 Å². The minimum atomic E-state index is -4.10. The van der Waals surface area contributed by atoms with Crippen molar-refractivity contribution in [2.24, 2.45) is 5.92 Å². The highest BCUT2D eigenvalue weighted by atomic mass is 32.2. The topological polar surface area (TPSA) is 137 Å². The maximum absolute atomic E-state index is 12.9. The number of carbonyl (C=O) groups excluding carboxylic acids is 2. The number of benzene rings is 2. The van der Waals surface area contributed by atoms with Gasteiger partial charge < -0.3 is 14.8 Å². The molecule has 0 fully saturated rings. The van der Waals surface area contributed by atoms with Crippen molar-refractivity contribution in [2.75, 3.05) is 19.0 Å². The molecule has 12 heteroatoms. The van der Waals surface area contributed by atoms with Gasteiger partial charge in [-0.25, -0.2) is 8.42 Å². The van der Waals surface area contributed by atoms with Crippen LogP contribution in [0.1, 0.15) is 13.8 Å². The van der Waals surface area contributed by atoms with E-state index in [4.69, 9.17) is 9.47 Å².